The predicted octanol–water partition coefficient (Wildman–Crippen LogP) is 2.65. The number of hydrogen-bond donors (Lipinski definition) is 1. The van der Waals surface area contributed by atoms with E-state index in [2.05, 4.69) is 24.9 Å². The van der Waals surface area contributed by atoms with Gasteiger partial charge in [-0.15, -0.1) is 10.2 Å². The highest BCUT2D eigenvalue weighted by Crippen LogP contribution is 2.27. The minimum absolute atomic E-state index is 0.0303. The van der Waals surface area contributed by atoms with Crippen molar-refractivity contribution in [1.82, 2.24) is 24.7 Å². The maximum atomic E-state index is 14.5. The van der Waals surface area contributed by atoms with Crippen LogP contribution in [-0.2, 0) is 26.1 Å². The second-order valence-electron chi connectivity index (χ2n) is 6.58. The number of anilines is 1. The lowest BCUT2D eigenvalue weighted by molar-refractivity contribution is 0.143. The lowest BCUT2D eigenvalue weighted by atomic mass is 10.2. The molecule has 0 unspecified atom stereocenters. The Kier molecular flexibility index (Phi) is 7.33. The average molecular weight is 489 g/mol. The van der Waals surface area contributed by atoms with Crippen LogP contribution < -0.4 is 4.72 Å². The Morgan fingerprint density at radius 3 is 2.34 bits per heavy atom. The molecule has 10 nitrogen and oxygen atoms in total. The van der Waals surface area contributed by atoms with Crippen molar-refractivity contribution < 1.29 is 26.7 Å². The summed E-state index contributed by atoms with van der Waals surface area (Å²) >= 11 is 5.78. The highest BCUT2D eigenvalue weighted by atomic mass is 35.5. The molecule has 0 fully saturated rings. The van der Waals surface area contributed by atoms with Crippen molar-refractivity contribution in [3.63, 3.8) is 0 Å². The van der Waals surface area contributed by atoms with E-state index < -0.39 is 44.6 Å². The van der Waals surface area contributed by atoms with E-state index >= 15 is 0 Å². The third-order valence-corrected chi connectivity index (χ3v) is 6.27. The minimum Gasteiger partial charge on any atom is -0.377 e. The van der Waals surface area contributed by atoms with Crippen LogP contribution in [0.2, 0.25) is 5.02 Å². The van der Waals surface area contributed by atoms with E-state index in [-0.39, 0.29) is 23.3 Å². The third-order valence-electron chi connectivity index (χ3n) is 4.39. The fraction of sp³-hybridized carbons (Fsp3) is 0.333. The van der Waals surface area contributed by atoms with Crippen LogP contribution in [0, 0.1) is 11.6 Å². The second kappa shape index (κ2) is 9.81. The number of sulfonamides is 1. The number of para-hydroxylation sites is 1. The molecule has 2 atom stereocenters. The molecule has 0 bridgehead atoms. The zero-order chi connectivity index (χ0) is 23.5. The van der Waals surface area contributed by atoms with Gasteiger partial charge in [-0.2, -0.15) is 0 Å². The van der Waals surface area contributed by atoms with Crippen LogP contribution in [0.1, 0.15) is 24.5 Å². The molecule has 1 aromatic carbocycles. The molecule has 0 aliphatic heterocycles. The average Bonchev–Trinajstić information content (AvgIpc) is 3.10. The van der Waals surface area contributed by atoms with Crippen molar-refractivity contribution in [1.29, 1.82) is 0 Å². The summed E-state index contributed by atoms with van der Waals surface area (Å²) in [6.07, 6.45) is 2.64. The number of methoxy groups -OCH3 is 2. The first-order chi connectivity index (χ1) is 15.2. The van der Waals surface area contributed by atoms with E-state index in [4.69, 9.17) is 21.1 Å². The van der Waals surface area contributed by atoms with Gasteiger partial charge >= 0.3 is 0 Å². The fourth-order valence-electron chi connectivity index (χ4n) is 3.01. The van der Waals surface area contributed by atoms with Crippen molar-refractivity contribution in [3.8, 4) is 5.69 Å². The van der Waals surface area contributed by atoms with E-state index in [1.807, 2.05) is 0 Å². The lowest BCUT2D eigenvalue weighted by Crippen LogP contribution is -2.35. The molecule has 1 N–H and O–H groups in total. The van der Waals surface area contributed by atoms with Crippen LogP contribution >= 0.6 is 11.6 Å². The summed E-state index contributed by atoms with van der Waals surface area (Å²) < 4.78 is 68.4. The highest BCUT2D eigenvalue weighted by Gasteiger charge is 2.35. The van der Waals surface area contributed by atoms with Crippen LogP contribution in [0.4, 0.5) is 14.7 Å². The maximum absolute atomic E-state index is 14.5. The van der Waals surface area contributed by atoms with Crippen LogP contribution in [0.5, 0.6) is 0 Å². The van der Waals surface area contributed by atoms with Crippen LogP contribution in [-0.4, -0.2) is 52.8 Å². The van der Waals surface area contributed by atoms with Gasteiger partial charge in [0.05, 0.1) is 10.9 Å². The van der Waals surface area contributed by atoms with E-state index in [1.165, 1.54) is 39.6 Å². The summed E-state index contributed by atoms with van der Waals surface area (Å²) in [5, 5.41) is 7.82. The van der Waals surface area contributed by atoms with Crippen molar-refractivity contribution in [3.05, 3.63) is 58.9 Å². The zero-order valence-corrected chi connectivity index (χ0v) is 18.7. The van der Waals surface area contributed by atoms with Gasteiger partial charge in [0.2, 0.25) is 5.95 Å². The molecule has 0 aliphatic rings. The molecule has 3 rings (SSSR count). The smallest absolute Gasteiger partial charge is 0.262 e. The van der Waals surface area contributed by atoms with Gasteiger partial charge in [-0.05, 0) is 12.1 Å². The van der Waals surface area contributed by atoms with Crippen molar-refractivity contribution in [2.75, 3.05) is 18.9 Å². The number of halogens is 3. The third kappa shape index (κ3) is 4.85. The molecule has 3 aromatic rings. The summed E-state index contributed by atoms with van der Waals surface area (Å²) in [5.41, 5.74) is -2.05. The Bertz CT molecular complexity index is 1170. The predicted molar refractivity (Wildman–Crippen MR) is 111 cm³/mol. The monoisotopic (exact) mass is 488 g/mol. The summed E-state index contributed by atoms with van der Waals surface area (Å²) in [6.45, 7) is 1.35. The van der Waals surface area contributed by atoms with E-state index in [1.54, 1.807) is 0 Å². The molecule has 14 heteroatoms. The molecule has 2 aromatic heterocycles. The van der Waals surface area contributed by atoms with Gasteiger partial charge in [0.15, 0.2) is 11.3 Å². The Labute approximate surface area is 187 Å². The SMILES string of the molecule is COCc1nnc(NS(=O)(=O)[C@H](OC)[C@@H](C)c2ncc(Cl)cn2)n1-c1c(F)cccc1F. The van der Waals surface area contributed by atoms with E-state index in [0.29, 0.717) is 0 Å². The molecule has 0 saturated heterocycles. The number of aromatic nitrogens is 5. The topological polar surface area (TPSA) is 121 Å². The molecule has 0 spiro atoms. The quantitative estimate of drug-likeness (QED) is 0.488. The van der Waals surface area contributed by atoms with Gasteiger partial charge in [0.25, 0.3) is 10.0 Å². The Balaban J connectivity index is 2.02. The van der Waals surface area contributed by atoms with Gasteiger partial charge in [-0.3, -0.25) is 4.57 Å². The molecule has 0 aliphatic carbocycles. The highest BCUT2D eigenvalue weighted by molar-refractivity contribution is 7.93. The molecule has 0 radical (unpaired) electrons. The molecule has 32 heavy (non-hydrogen) atoms. The number of nitrogens with zero attached hydrogens (tertiary/aromatic N) is 5. The first-order valence-corrected chi connectivity index (χ1v) is 11.0. The number of rotatable bonds is 9. The van der Waals surface area contributed by atoms with Crippen LogP contribution in [0.25, 0.3) is 5.69 Å². The maximum Gasteiger partial charge on any atom is 0.262 e. The second-order valence-corrected chi connectivity index (χ2v) is 8.77. The Morgan fingerprint density at radius 1 is 1.16 bits per heavy atom. The summed E-state index contributed by atoms with van der Waals surface area (Å²) in [6, 6.07) is 3.21. The Hall–Kier alpha value is -2.74. The van der Waals surface area contributed by atoms with Crippen LogP contribution in [0.3, 0.4) is 0 Å². The first kappa shape index (κ1) is 23.9. The molecule has 2 heterocycles. The summed E-state index contributed by atoms with van der Waals surface area (Å²) in [5.74, 6) is -3.06. The standard InChI is InChI=1S/C18H19ClF2N6O4S/c1-10(16-22-7-11(19)8-23-16)17(31-3)32(28,29)26-18-25-24-14(9-30-2)27(18)15-12(20)5-4-6-13(15)21/h4-8,10,17H,9H2,1-3H3,(H,25,26)/t10-,17-/m0/s1. The fourth-order valence-corrected chi connectivity index (χ4v) is 4.52. The van der Waals surface area contributed by atoms with Crippen molar-refractivity contribution >= 4 is 27.6 Å². The normalized spacial score (nSPS) is 13.7. The van der Waals surface area contributed by atoms with Gasteiger partial charge in [0, 0.05) is 26.6 Å². The molecular formula is C18H19ClF2N6O4S. The van der Waals surface area contributed by atoms with Crippen molar-refractivity contribution in [2.45, 2.75) is 24.9 Å². The minimum atomic E-state index is -4.34. The van der Waals surface area contributed by atoms with Gasteiger partial charge < -0.3 is 9.47 Å². The largest absolute Gasteiger partial charge is 0.377 e. The Morgan fingerprint density at radius 2 is 1.78 bits per heavy atom. The summed E-state index contributed by atoms with van der Waals surface area (Å²) in [4.78, 5) is 8.04. The lowest BCUT2D eigenvalue weighted by Gasteiger charge is -2.22. The number of benzene rings is 1. The molecular weight excluding hydrogens is 470 g/mol. The number of ether oxygens (including phenoxy) is 2. The summed E-state index contributed by atoms with van der Waals surface area (Å²) in [7, 11) is -1.80. The van der Waals surface area contributed by atoms with Gasteiger partial charge in [-0.1, -0.05) is 24.6 Å². The van der Waals surface area contributed by atoms with Crippen LogP contribution in [0.15, 0.2) is 30.6 Å². The van der Waals surface area contributed by atoms with Gasteiger partial charge in [0.1, 0.15) is 29.8 Å². The van der Waals surface area contributed by atoms with E-state index in [0.717, 1.165) is 16.7 Å². The van der Waals surface area contributed by atoms with E-state index in [9.17, 15) is 17.2 Å². The molecule has 172 valence electrons. The van der Waals surface area contributed by atoms with Crippen molar-refractivity contribution in [2.24, 2.45) is 0 Å². The molecule has 0 saturated carbocycles. The number of nitrogens with one attached hydrogen (secondary N) is 1. The number of hydrogen-bond acceptors (Lipinski definition) is 8. The van der Waals surface area contributed by atoms with Gasteiger partial charge in [-0.25, -0.2) is 31.9 Å². The zero-order valence-electron chi connectivity index (χ0n) is 17.2. The first-order valence-electron chi connectivity index (χ1n) is 9.09. The molecule has 0 amide bonds.